The highest BCUT2D eigenvalue weighted by molar-refractivity contribution is 5.86. The van der Waals surface area contributed by atoms with Gasteiger partial charge in [0, 0.05) is 19.6 Å². The number of hydrogen-bond donors (Lipinski definition) is 3. The van der Waals surface area contributed by atoms with Crippen LogP contribution in [0.15, 0.2) is 0 Å². The number of rotatable bonds is 9. The van der Waals surface area contributed by atoms with Crippen LogP contribution in [0.5, 0.6) is 0 Å². The SMILES string of the molecule is CC(C)CN(CCN(C)C)C(=O)N[C@@H](CC(=O)O)C(=O)O. The Bertz CT molecular complexity index is 371. The van der Waals surface area contributed by atoms with E-state index in [1.165, 1.54) is 4.90 Å². The molecule has 8 nitrogen and oxygen atoms in total. The molecule has 2 amide bonds. The molecule has 0 aliphatic carbocycles. The molecule has 0 rings (SSSR count). The first-order valence-corrected chi connectivity index (χ1v) is 6.78. The van der Waals surface area contributed by atoms with Gasteiger partial charge in [0.2, 0.25) is 0 Å². The Kier molecular flexibility index (Phi) is 8.37. The number of carboxylic acids is 2. The Morgan fingerprint density at radius 1 is 1.10 bits per heavy atom. The summed E-state index contributed by atoms with van der Waals surface area (Å²) in [6.07, 6.45) is -0.649. The Morgan fingerprint density at radius 2 is 1.67 bits per heavy atom. The maximum Gasteiger partial charge on any atom is 0.326 e. The molecule has 0 aliphatic heterocycles. The van der Waals surface area contributed by atoms with E-state index in [1.807, 2.05) is 32.8 Å². The lowest BCUT2D eigenvalue weighted by molar-refractivity contribution is -0.145. The van der Waals surface area contributed by atoms with E-state index in [1.54, 1.807) is 0 Å². The molecule has 0 heterocycles. The lowest BCUT2D eigenvalue weighted by Crippen LogP contribution is -2.50. The summed E-state index contributed by atoms with van der Waals surface area (Å²) in [5.41, 5.74) is 0. The second-order valence-electron chi connectivity index (χ2n) is 5.58. The fourth-order valence-corrected chi connectivity index (χ4v) is 1.65. The van der Waals surface area contributed by atoms with Crippen molar-refractivity contribution in [2.24, 2.45) is 5.92 Å². The van der Waals surface area contributed by atoms with Crippen LogP contribution < -0.4 is 5.32 Å². The number of carbonyl (C=O) groups excluding carboxylic acids is 1. The third kappa shape index (κ3) is 8.85. The van der Waals surface area contributed by atoms with Crippen molar-refractivity contribution in [2.75, 3.05) is 33.7 Å². The summed E-state index contributed by atoms with van der Waals surface area (Å²) < 4.78 is 0. The lowest BCUT2D eigenvalue weighted by atomic mass is 10.2. The summed E-state index contributed by atoms with van der Waals surface area (Å²) in [5, 5.41) is 19.9. The van der Waals surface area contributed by atoms with Crippen molar-refractivity contribution in [1.82, 2.24) is 15.1 Å². The molecule has 0 spiro atoms. The first-order chi connectivity index (χ1) is 9.63. The van der Waals surface area contributed by atoms with Gasteiger partial charge in [-0.3, -0.25) is 4.79 Å². The first-order valence-electron chi connectivity index (χ1n) is 6.78. The largest absolute Gasteiger partial charge is 0.481 e. The summed E-state index contributed by atoms with van der Waals surface area (Å²) in [4.78, 5) is 37.1. The van der Waals surface area contributed by atoms with Crippen molar-refractivity contribution in [3.05, 3.63) is 0 Å². The number of nitrogens with one attached hydrogen (secondary N) is 1. The zero-order chi connectivity index (χ0) is 16.6. The van der Waals surface area contributed by atoms with E-state index in [-0.39, 0.29) is 5.92 Å². The van der Waals surface area contributed by atoms with Crippen molar-refractivity contribution in [1.29, 1.82) is 0 Å². The fraction of sp³-hybridized carbons (Fsp3) is 0.769. The number of aliphatic carboxylic acids is 2. The molecule has 3 N–H and O–H groups in total. The maximum absolute atomic E-state index is 12.1. The van der Waals surface area contributed by atoms with Crippen LogP contribution in [0.4, 0.5) is 4.79 Å². The van der Waals surface area contributed by atoms with E-state index >= 15 is 0 Å². The second-order valence-corrected chi connectivity index (χ2v) is 5.58. The molecule has 0 aromatic heterocycles. The van der Waals surface area contributed by atoms with Crippen LogP contribution in [0.2, 0.25) is 0 Å². The molecule has 0 radical (unpaired) electrons. The van der Waals surface area contributed by atoms with Crippen molar-refractivity contribution in [3.8, 4) is 0 Å². The number of carboxylic acid groups (broad SMARTS) is 2. The zero-order valence-corrected chi connectivity index (χ0v) is 13.0. The Hall–Kier alpha value is -1.83. The predicted molar refractivity (Wildman–Crippen MR) is 77.2 cm³/mol. The topological polar surface area (TPSA) is 110 Å². The minimum atomic E-state index is -1.43. The highest BCUT2D eigenvalue weighted by Gasteiger charge is 2.25. The van der Waals surface area contributed by atoms with Crippen LogP contribution in [0, 0.1) is 5.92 Å². The van der Waals surface area contributed by atoms with Gasteiger partial charge < -0.3 is 25.3 Å². The van der Waals surface area contributed by atoms with Crippen LogP contribution in [-0.2, 0) is 9.59 Å². The average Bonchev–Trinajstić information content (AvgIpc) is 2.32. The van der Waals surface area contributed by atoms with Crippen LogP contribution in [-0.4, -0.2) is 77.8 Å². The van der Waals surface area contributed by atoms with E-state index in [2.05, 4.69) is 5.32 Å². The minimum Gasteiger partial charge on any atom is -0.481 e. The zero-order valence-electron chi connectivity index (χ0n) is 13.0. The van der Waals surface area contributed by atoms with Crippen molar-refractivity contribution in [3.63, 3.8) is 0 Å². The van der Waals surface area contributed by atoms with Gasteiger partial charge in [0.25, 0.3) is 0 Å². The fourth-order valence-electron chi connectivity index (χ4n) is 1.65. The Balaban J connectivity index is 4.75. The summed E-state index contributed by atoms with van der Waals surface area (Å²) in [5.74, 6) is -2.41. The highest BCUT2D eigenvalue weighted by Crippen LogP contribution is 2.02. The quantitative estimate of drug-likeness (QED) is 0.559. The predicted octanol–water partition coefficient (Wildman–Crippen LogP) is 0.144. The molecule has 0 aromatic carbocycles. The number of likely N-dealkylation sites (N-methyl/N-ethyl adjacent to an activating group) is 1. The Labute approximate surface area is 124 Å². The van der Waals surface area contributed by atoms with Crippen LogP contribution in [0.1, 0.15) is 20.3 Å². The number of carbonyl (C=O) groups is 3. The summed E-state index contributed by atoms with van der Waals surface area (Å²) in [7, 11) is 3.74. The highest BCUT2D eigenvalue weighted by atomic mass is 16.4. The van der Waals surface area contributed by atoms with Gasteiger partial charge in [-0.1, -0.05) is 13.8 Å². The molecular weight excluding hydrogens is 278 g/mol. The number of urea groups is 1. The molecule has 1 atom stereocenters. The number of amides is 2. The van der Waals surface area contributed by atoms with E-state index in [0.717, 1.165) is 0 Å². The minimum absolute atomic E-state index is 0.223. The van der Waals surface area contributed by atoms with E-state index in [9.17, 15) is 14.4 Å². The molecule has 0 unspecified atom stereocenters. The first kappa shape index (κ1) is 19.2. The van der Waals surface area contributed by atoms with Gasteiger partial charge in [0.15, 0.2) is 0 Å². The summed E-state index contributed by atoms with van der Waals surface area (Å²) in [6.45, 7) is 5.44. The smallest absolute Gasteiger partial charge is 0.326 e. The van der Waals surface area contributed by atoms with Crippen LogP contribution in [0.25, 0.3) is 0 Å². The van der Waals surface area contributed by atoms with Gasteiger partial charge in [0.1, 0.15) is 6.04 Å². The number of hydrogen-bond acceptors (Lipinski definition) is 4. The average molecular weight is 303 g/mol. The number of nitrogens with zero attached hydrogens (tertiary/aromatic N) is 2. The van der Waals surface area contributed by atoms with Gasteiger partial charge in [-0.25, -0.2) is 9.59 Å². The molecule has 0 saturated carbocycles. The third-order valence-electron chi connectivity index (χ3n) is 2.66. The van der Waals surface area contributed by atoms with Crippen LogP contribution in [0.3, 0.4) is 0 Å². The third-order valence-corrected chi connectivity index (χ3v) is 2.66. The monoisotopic (exact) mass is 303 g/mol. The van der Waals surface area contributed by atoms with Crippen molar-refractivity contribution >= 4 is 18.0 Å². The standard InChI is InChI=1S/C13H25N3O5/c1-9(2)8-16(6-5-15(3)4)13(21)14-10(12(19)20)7-11(17)18/h9-10H,5-8H2,1-4H3,(H,14,21)(H,17,18)(H,19,20)/t10-/m0/s1. The normalized spacial score (nSPS) is 12.3. The Morgan fingerprint density at radius 3 is 2.05 bits per heavy atom. The molecule has 21 heavy (non-hydrogen) atoms. The molecule has 0 aromatic rings. The molecule has 0 saturated heterocycles. The molecule has 0 aliphatic rings. The van der Waals surface area contributed by atoms with Gasteiger partial charge in [0.05, 0.1) is 6.42 Å². The van der Waals surface area contributed by atoms with Gasteiger partial charge in [-0.15, -0.1) is 0 Å². The lowest BCUT2D eigenvalue weighted by Gasteiger charge is -2.27. The summed E-state index contributed by atoms with van der Waals surface area (Å²) >= 11 is 0. The molecule has 8 heteroatoms. The second kappa shape index (κ2) is 9.17. The van der Waals surface area contributed by atoms with Gasteiger partial charge >= 0.3 is 18.0 Å². The summed E-state index contributed by atoms with van der Waals surface area (Å²) in [6, 6.07) is -1.98. The molecule has 0 bridgehead atoms. The molecular formula is C13H25N3O5. The maximum atomic E-state index is 12.1. The van der Waals surface area contributed by atoms with E-state index < -0.39 is 30.4 Å². The van der Waals surface area contributed by atoms with Crippen LogP contribution >= 0.6 is 0 Å². The molecule has 0 fully saturated rings. The van der Waals surface area contributed by atoms with Gasteiger partial charge in [-0.2, -0.15) is 0 Å². The van der Waals surface area contributed by atoms with E-state index in [4.69, 9.17) is 10.2 Å². The molecule has 122 valence electrons. The van der Waals surface area contributed by atoms with Gasteiger partial charge in [-0.05, 0) is 20.0 Å². The van der Waals surface area contributed by atoms with Crippen molar-refractivity contribution in [2.45, 2.75) is 26.3 Å². The van der Waals surface area contributed by atoms with Crippen molar-refractivity contribution < 1.29 is 24.6 Å². The van der Waals surface area contributed by atoms with E-state index in [0.29, 0.717) is 19.6 Å².